The molecule has 19 heavy (non-hydrogen) atoms. The minimum Gasteiger partial charge on any atom is -0.493 e. The zero-order chi connectivity index (χ0) is 14.0. The lowest BCUT2D eigenvalue weighted by molar-refractivity contribution is -0.00221. The van der Waals surface area contributed by atoms with Gasteiger partial charge in [-0.3, -0.25) is 4.68 Å². The number of aliphatic hydroxyl groups is 1. The van der Waals surface area contributed by atoms with Gasteiger partial charge in [-0.25, -0.2) is 0 Å². The maximum Gasteiger partial charge on any atom is 0.162 e. The Balaban J connectivity index is 2.32. The molecule has 1 aliphatic carbocycles. The van der Waals surface area contributed by atoms with E-state index in [2.05, 4.69) is 10.00 Å². The summed E-state index contributed by atoms with van der Waals surface area (Å²) in [4.78, 5) is 2.11. The number of hydrogen-bond donors (Lipinski definition) is 1. The first-order valence-corrected chi connectivity index (χ1v) is 7.00. The molecule has 1 aromatic heterocycles. The van der Waals surface area contributed by atoms with Crippen LogP contribution in [0.15, 0.2) is 6.20 Å². The first kappa shape index (κ1) is 14.3. The highest BCUT2D eigenvalue weighted by molar-refractivity contribution is 5.32. The molecule has 1 N–H and O–H groups in total. The number of rotatable bonds is 7. The van der Waals surface area contributed by atoms with Crippen molar-refractivity contribution in [1.82, 2.24) is 14.7 Å². The van der Waals surface area contributed by atoms with E-state index in [4.69, 9.17) is 4.74 Å². The van der Waals surface area contributed by atoms with Crippen molar-refractivity contribution < 1.29 is 9.84 Å². The molecule has 2 rings (SSSR count). The molecule has 0 spiro atoms. The van der Waals surface area contributed by atoms with E-state index in [0.29, 0.717) is 18.1 Å². The molecule has 1 fully saturated rings. The SMILES string of the molecule is CCC(O)(c1c(OC)cnn1CCN(C)C)C1CC1. The fraction of sp³-hybridized carbons (Fsp3) is 0.786. The van der Waals surface area contributed by atoms with Crippen molar-refractivity contribution in [1.29, 1.82) is 0 Å². The van der Waals surface area contributed by atoms with E-state index in [9.17, 15) is 5.11 Å². The second kappa shape index (κ2) is 5.51. The molecule has 1 unspecified atom stereocenters. The highest BCUT2D eigenvalue weighted by Crippen LogP contribution is 2.49. The Morgan fingerprint density at radius 2 is 2.21 bits per heavy atom. The van der Waals surface area contributed by atoms with Crippen LogP contribution in [0, 0.1) is 5.92 Å². The Hall–Kier alpha value is -1.07. The predicted molar refractivity (Wildman–Crippen MR) is 74.2 cm³/mol. The summed E-state index contributed by atoms with van der Waals surface area (Å²) in [6.07, 6.45) is 4.59. The largest absolute Gasteiger partial charge is 0.493 e. The van der Waals surface area contributed by atoms with Gasteiger partial charge in [0.15, 0.2) is 5.75 Å². The molecule has 1 atom stereocenters. The summed E-state index contributed by atoms with van der Waals surface area (Å²) in [6.45, 7) is 3.68. The lowest BCUT2D eigenvalue weighted by Crippen LogP contribution is -2.32. The van der Waals surface area contributed by atoms with Crippen LogP contribution in [0.4, 0.5) is 0 Å². The molecule has 0 aliphatic heterocycles. The van der Waals surface area contributed by atoms with Crippen LogP contribution in [0.2, 0.25) is 0 Å². The topological polar surface area (TPSA) is 50.5 Å². The third-order valence-electron chi connectivity index (χ3n) is 3.99. The quantitative estimate of drug-likeness (QED) is 0.812. The molecular formula is C14H25N3O2. The minimum absolute atomic E-state index is 0.348. The molecule has 0 saturated heterocycles. The number of nitrogens with zero attached hydrogens (tertiary/aromatic N) is 3. The van der Waals surface area contributed by atoms with Crippen LogP contribution < -0.4 is 4.74 Å². The van der Waals surface area contributed by atoms with E-state index in [1.807, 2.05) is 25.7 Å². The van der Waals surface area contributed by atoms with E-state index in [0.717, 1.165) is 31.6 Å². The normalized spacial score (nSPS) is 18.6. The van der Waals surface area contributed by atoms with Crippen LogP contribution in [-0.2, 0) is 12.1 Å². The molecule has 0 radical (unpaired) electrons. The third-order valence-corrected chi connectivity index (χ3v) is 3.99. The van der Waals surface area contributed by atoms with Gasteiger partial charge in [-0.1, -0.05) is 6.92 Å². The first-order valence-electron chi connectivity index (χ1n) is 7.00. The zero-order valence-corrected chi connectivity index (χ0v) is 12.4. The number of methoxy groups -OCH3 is 1. The maximum atomic E-state index is 11.0. The van der Waals surface area contributed by atoms with Crippen molar-refractivity contribution >= 4 is 0 Å². The molecule has 1 aromatic rings. The molecule has 1 aliphatic rings. The van der Waals surface area contributed by atoms with Gasteiger partial charge in [0.05, 0.1) is 19.9 Å². The van der Waals surface area contributed by atoms with Crippen LogP contribution in [-0.4, -0.2) is 47.5 Å². The number of aromatic nitrogens is 2. The Labute approximate surface area is 115 Å². The fourth-order valence-corrected chi connectivity index (χ4v) is 2.63. The van der Waals surface area contributed by atoms with Gasteiger partial charge in [-0.2, -0.15) is 5.10 Å². The monoisotopic (exact) mass is 267 g/mol. The maximum absolute atomic E-state index is 11.0. The molecular weight excluding hydrogens is 242 g/mol. The van der Waals surface area contributed by atoms with Gasteiger partial charge in [0.2, 0.25) is 0 Å². The highest BCUT2D eigenvalue weighted by atomic mass is 16.5. The van der Waals surface area contributed by atoms with E-state index >= 15 is 0 Å². The molecule has 0 bridgehead atoms. The lowest BCUT2D eigenvalue weighted by atomic mass is 9.90. The Bertz CT molecular complexity index is 426. The summed E-state index contributed by atoms with van der Waals surface area (Å²) in [5.74, 6) is 1.05. The fourth-order valence-electron chi connectivity index (χ4n) is 2.63. The Morgan fingerprint density at radius 1 is 1.53 bits per heavy atom. The molecule has 1 heterocycles. The van der Waals surface area contributed by atoms with Crippen molar-refractivity contribution in [3.05, 3.63) is 11.9 Å². The van der Waals surface area contributed by atoms with Gasteiger partial charge >= 0.3 is 0 Å². The van der Waals surface area contributed by atoms with Gasteiger partial charge < -0.3 is 14.7 Å². The smallest absolute Gasteiger partial charge is 0.162 e. The van der Waals surface area contributed by atoms with Crippen molar-refractivity contribution in [2.75, 3.05) is 27.7 Å². The van der Waals surface area contributed by atoms with Crippen LogP contribution in [0.1, 0.15) is 31.9 Å². The van der Waals surface area contributed by atoms with Crippen molar-refractivity contribution in [2.24, 2.45) is 5.92 Å². The van der Waals surface area contributed by atoms with Crippen molar-refractivity contribution in [3.8, 4) is 5.75 Å². The number of likely N-dealkylation sites (N-methyl/N-ethyl adjacent to an activating group) is 1. The lowest BCUT2D eigenvalue weighted by Gasteiger charge is -2.29. The summed E-state index contributed by atoms with van der Waals surface area (Å²) in [5.41, 5.74) is 0.0515. The van der Waals surface area contributed by atoms with E-state index in [1.165, 1.54) is 0 Å². The van der Waals surface area contributed by atoms with Gasteiger partial charge in [-0.15, -0.1) is 0 Å². The summed E-state index contributed by atoms with van der Waals surface area (Å²) >= 11 is 0. The van der Waals surface area contributed by atoms with Gasteiger partial charge in [-0.05, 0) is 39.3 Å². The van der Waals surface area contributed by atoms with E-state index in [-0.39, 0.29) is 0 Å². The summed E-state index contributed by atoms with van der Waals surface area (Å²) in [6, 6.07) is 0. The van der Waals surface area contributed by atoms with Crippen LogP contribution in [0.25, 0.3) is 0 Å². The first-order chi connectivity index (χ1) is 9.02. The molecule has 108 valence electrons. The Kier molecular flexibility index (Phi) is 4.16. The second-order valence-electron chi connectivity index (χ2n) is 5.64. The standard InChI is InChI=1S/C14H25N3O2/c1-5-14(18,11-6-7-11)13-12(19-4)10-15-17(13)9-8-16(2)3/h10-11,18H,5-9H2,1-4H3. The van der Waals surface area contributed by atoms with E-state index < -0.39 is 5.60 Å². The molecule has 5 heteroatoms. The average molecular weight is 267 g/mol. The third kappa shape index (κ3) is 2.77. The molecule has 0 amide bonds. The van der Waals surface area contributed by atoms with Gasteiger partial charge in [0.25, 0.3) is 0 Å². The van der Waals surface area contributed by atoms with Crippen LogP contribution >= 0.6 is 0 Å². The van der Waals surface area contributed by atoms with Crippen LogP contribution in [0.5, 0.6) is 5.75 Å². The molecule has 5 nitrogen and oxygen atoms in total. The predicted octanol–water partition coefficient (Wildman–Crippen LogP) is 1.46. The van der Waals surface area contributed by atoms with Crippen molar-refractivity contribution in [2.45, 2.75) is 38.3 Å². The van der Waals surface area contributed by atoms with Gasteiger partial charge in [0.1, 0.15) is 11.3 Å². The summed E-state index contributed by atoms with van der Waals surface area (Å²) in [7, 11) is 5.71. The summed E-state index contributed by atoms with van der Waals surface area (Å²) < 4.78 is 7.31. The summed E-state index contributed by atoms with van der Waals surface area (Å²) in [5, 5.41) is 15.4. The average Bonchev–Trinajstić information content (AvgIpc) is 3.16. The van der Waals surface area contributed by atoms with E-state index in [1.54, 1.807) is 13.3 Å². The van der Waals surface area contributed by atoms with Gasteiger partial charge in [0, 0.05) is 6.54 Å². The highest BCUT2D eigenvalue weighted by Gasteiger charge is 2.47. The number of hydrogen-bond acceptors (Lipinski definition) is 4. The Morgan fingerprint density at radius 3 is 2.68 bits per heavy atom. The van der Waals surface area contributed by atoms with Crippen LogP contribution in [0.3, 0.4) is 0 Å². The zero-order valence-electron chi connectivity index (χ0n) is 12.4. The minimum atomic E-state index is -0.797. The van der Waals surface area contributed by atoms with Crippen molar-refractivity contribution in [3.63, 3.8) is 0 Å². The molecule has 0 aromatic carbocycles. The number of ether oxygens (including phenoxy) is 1. The molecule has 1 saturated carbocycles. The second-order valence-corrected chi connectivity index (χ2v) is 5.64.